The summed E-state index contributed by atoms with van der Waals surface area (Å²) in [6.07, 6.45) is 1.83. The highest BCUT2D eigenvalue weighted by Crippen LogP contribution is 2.28. The maximum Gasteiger partial charge on any atom is 0.433 e. The van der Waals surface area contributed by atoms with E-state index in [0.717, 1.165) is 0 Å². The van der Waals surface area contributed by atoms with Gasteiger partial charge < -0.3 is 8.83 Å². The lowest BCUT2D eigenvalue weighted by molar-refractivity contribution is -0.401. The molecule has 0 fully saturated rings. The molecule has 2 rings (SSSR count). The third-order valence-electron chi connectivity index (χ3n) is 1.84. The molecule has 15 heavy (non-hydrogen) atoms. The quantitative estimate of drug-likeness (QED) is 0.437. The van der Waals surface area contributed by atoms with Crippen molar-refractivity contribution in [2.24, 2.45) is 0 Å². The molecule has 0 bridgehead atoms. The SMILES string of the molecule is O=Cc1occc1-c1ccc([N+](=O)[O-])o1. The predicted molar refractivity (Wildman–Crippen MR) is 48.5 cm³/mol. The molecule has 0 aromatic carbocycles. The Kier molecular flexibility index (Phi) is 2.09. The Morgan fingerprint density at radius 3 is 2.73 bits per heavy atom. The van der Waals surface area contributed by atoms with Crippen molar-refractivity contribution in [3.05, 3.63) is 40.3 Å². The number of carbonyl (C=O) groups excluding carboxylic acids is 1. The first-order chi connectivity index (χ1) is 7.22. The Morgan fingerprint density at radius 1 is 1.33 bits per heavy atom. The summed E-state index contributed by atoms with van der Waals surface area (Å²) < 4.78 is 9.75. The van der Waals surface area contributed by atoms with E-state index in [9.17, 15) is 14.9 Å². The molecule has 0 aliphatic carbocycles. The molecule has 0 N–H and O–H groups in total. The van der Waals surface area contributed by atoms with E-state index in [1.807, 2.05) is 0 Å². The summed E-state index contributed by atoms with van der Waals surface area (Å²) in [5, 5.41) is 10.4. The molecular weight excluding hydrogens is 202 g/mol. The predicted octanol–water partition coefficient (Wildman–Crippen LogP) is 2.26. The first-order valence-electron chi connectivity index (χ1n) is 3.99. The first kappa shape index (κ1) is 9.20. The zero-order valence-electron chi connectivity index (χ0n) is 7.38. The number of nitro groups is 1. The first-order valence-corrected chi connectivity index (χ1v) is 3.99. The molecule has 0 saturated carbocycles. The summed E-state index contributed by atoms with van der Waals surface area (Å²) in [6.45, 7) is 0. The number of furan rings is 2. The van der Waals surface area contributed by atoms with Gasteiger partial charge in [0.15, 0.2) is 12.0 Å². The zero-order chi connectivity index (χ0) is 10.8. The highest BCUT2D eigenvalue weighted by atomic mass is 16.6. The van der Waals surface area contributed by atoms with Gasteiger partial charge in [-0.2, -0.15) is 0 Å². The van der Waals surface area contributed by atoms with Crippen molar-refractivity contribution in [1.82, 2.24) is 0 Å². The summed E-state index contributed by atoms with van der Waals surface area (Å²) in [7, 11) is 0. The monoisotopic (exact) mass is 207 g/mol. The Hall–Kier alpha value is -2.37. The second-order valence-electron chi connectivity index (χ2n) is 2.71. The van der Waals surface area contributed by atoms with Gasteiger partial charge in [-0.25, -0.2) is 0 Å². The molecule has 2 aromatic rings. The number of hydrogen-bond donors (Lipinski definition) is 0. The van der Waals surface area contributed by atoms with Crippen LogP contribution in [0.1, 0.15) is 10.6 Å². The van der Waals surface area contributed by atoms with Crippen LogP contribution in [-0.4, -0.2) is 11.2 Å². The molecule has 0 radical (unpaired) electrons. The van der Waals surface area contributed by atoms with Crippen LogP contribution in [0.4, 0.5) is 5.88 Å². The third-order valence-corrected chi connectivity index (χ3v) is 1.84. The van der Waals surface area contributed by atoms with Gasteiger partial charge in [0, 0.05) is 0 Å². The van der Waals surface area contributed by atoms with Crippen LogP contribution in [0.15, 0.2) is 33.3 Å². The van der Waals surface area contributed by atoms with Crippen LogP contribution in [0.5, 0.6) is 0 Å². The second kappa shape index (κ2) is 3.41. The average Bonchev–Trinajstić information content (AvgIpc) is 2.85. The van der Waals surface area contributed by atoms with E-state index in [-0.39, 0.29) is 17.4 Å². The van der Waals surface area contributed by atoms with Crippen molar-refractivity contribution in [1.29, 1.82) is 0 Å². The van der Waals surface area contributed by atoms with Gasteiger partial charge in [-0.05, 0) is 12.1 Å². The van der Waals surface area contributed by atoms with Gasteiger partial charge in [0.1, 0.15) is 10.7 Å². The van der Waals surface area contributed by atoms with Gasteiger partial charge >= 0.3 is 5.88 Å². The summed E-state index contributed by atoms with van der Waals surface area (Å²) in [6, 6.07) is 4.14. The molecule has 0 amide bonds. The van der Waals surface area contributed by atoms with Gasteiger partial charge in [-0.1, -0.05) is 0 Å². The van der Waals surface area contributed by atoms with Crippen LogP contribution in [0, 0.1) is 10.1 Å². The second-order valence-corrected chi connectivity index (χ2v) is 2.71. The number of nitrogens with zero attached hydrogens (tertiary/aromatic N) is 1. The maximum atomic E-state index is 10.5. The Morgan fingerprint density at radius 2 is 2.13 bits per heavy atom. The molecule has 0 unspecified atom stereocenters. The number of rotatable bonds is 3. The van der Waals surface area contributed by atoms with Crippen molar-refractivity contribution in [3.8, 4) is 11.3 Å². The summed E-state index contributed by atoms with van der Waals surface area (Å²) >= 11 is 0. The fraction of sp³-hybridized carbons (Fsp3) is 0. The molecular formula is C9H5NO5. The van der Waals surface area contributed by atoms with E-state index >= 15 is 0 Å². The van der Waals surface area contributed by atoms with Gasteiger partial charge in [0.2, 0.25) is 0 Å². The summed E-state index contributed by atoms with van der Waals surface area (Å²) in [5.74, 6) is -0.0557. The average molecular weight is 207 g/mol. The van der Waals surface area contributed by atoms with Crippen molar-refractivity contribution < 1.29 is 18.6 Å². The molecule has 6 heteroatoms. The van der Waals surface area contributed by atoms with Crippen molar-refractivity contribution in [3.63, 3.8) is 0 Å². The maximum absolute atomic E-state index is 10.5. The number of hydrogen-bond acceptors (Lipinski definition) is 5. The largest absolute Gasteiger partial charge is 0.461 e. The van der Waals surface area contributed by atoms with Gasteiger partial charge in [0.25, 0.3) is 0 Å². The molecule has 0 spiro atoms. The van der Waals surface area contributed by atoms with Crippen LogP contribution < -0.4 is 0 Å². The lowest BCUT2D eigenvalue weighted by atomic mass is 10.2. The van der Waals surface area contributed by atoms with Crippen LogP contribution >= 0.6 is 0 Å². The smallest absolute Gasteiger partial charge is 0.433 e. The van der Waals surface area contributed by atoms with Crippen LogP contribution in [-0.2, 0) is 0 Å². The molecule has 0 aliphatic rings. The summed E-state index contributed by atoms with van der Waals surface area (Å²) in [5.41, 5.74) is 0.401. The van der Waals surface area contributed by atoms with Crippen LogP contribution in [0.25, 0.3) is 11.3 Å². The molecule has 0 atom stereocenters. The van der Waals surface area contributed by atoms with Gasteiger partial charge in [0.05, 0.1) is 17.9 Å². The third kappa shape index (κ3) is 1.52. The van der Waals surface area contributed by atoms with Gasteiger partial charge in [-0.15, -0.1) is 0 Å². The highest BCUT2D eigenvalue weighted by molar-refractivity contribution is 5.82. The van der Waals surface area contributed by atoms with Crippen LogP contribution in [0.3, 0.4) is 0 Å². The van der Waals surface area contributed by atoms with Crippen molar-refractivity contribution in [2.45, 2.75) is 0 Å². The lowest BCUT2D eigenvalue weighted by Gasteiger charge is -1.89. The molecule has 0 saturated heterocycles. The summed E-state index contributed by atoms with van der Waals surface area (Å²) in [4.78, 5) is 20.2. The minimum atomic E-state index is -0.649. The normalized spacial score (nSPS) is 10.1. The van der Waals surface area contributed by atoms with Crippen molar-refractivity contribution in [2.75, 3.05) is 0 Å². The van der Waals surface area contributed by atoms with E-state index in [4.69, 9.17) is 8.83 Å². The lowest BCUT2D eigenvalue weighted by Crippen LogP contribution is -1.83. The fourth-order valence-corrected chi connectivity index (χ4v) is 1.19. The van der Waals surface area contributed by atoms with E-state index in [1.165, 1.54) is 24.5 Å². The van der Waals surface area contributed by atoms with E-state index in [2.05, 4.69) is 0 Å². The molecule has 6 nitrogen and oxygen atoms in total. The minimum absolute atomic E-state index is 0.0826. The Bertz CT molecular complexity index is 510. The Labute approximate surface area is 83.3 Å². The van der Waals surface area contributed by atoms with E-state index < -0.39 is 4.92 Å². The fourth-order valence-electron chi connectivity index (χ4n) is 1.19. The number of aldehydes is 1. The minimum Gasteiger partial charge on any atom is -0.461 e. The molecule has 2 heterocycles. The Balaban J connectivity index is 2.45. The molecule has 0 aliphatic heterocycles. The molecule has 76 valence electrons. The van der Waals surface area contributed by atoms with Gasteiger partial charge in [-0.3, -0.25) is 14.9 Å². The topological polar surface area (TPSA) is 86.5 Å². The van der Waals surface area contributed by atoms with Crippen LogP contribution in [0.2, 0.25) is 0 Å². The standard InChI is InChI=1S/C9H5NO5/c11-5-8-6(3-4-14-8)7-1-2-9(15-7)10(12)13/h1-5H. The highest BCUT2D eigenvalue weighted by Gasteiger charge is 2.16. The number of carbonyl (C=O) groups is 1. The molecule has 2 aromatic heterocycles. The van der Waals surface area contributed by atoms with E-state index in [0.29, 0.717) is 11.8 Å². The van der Waals surface area contributed by atoms with E-state index in [1.54, 1.807) is 0 Å². The zero-order valence-corrected chi connectivity index (χ0v) is 7.38. The van der Waals surface area contributed by atoms with Crippen molar-refractivity contribution >= 4 is 12.2 Å².